The van der Waals surface area contributed by atoms with Gasteiger partial charge in [-0.25, -0.2) is 0 Å². The Balaban J connectivity index is 2.78. The summed E-state index contributed by atoms with van der Waals surface area (Å²) >= 11 is 9.21. The van der Waals surface area contributed by atoms with E-state index in [4.69, 9.17) is 0 Å². The van der Waals surface area contributed by atoms with Gasteiger partial charge in [-0.3, -0.25) is 4.79 Å². The van der Waals surface area contributed by atoms with Crippen LogP contribution >= 0.6 is 39.9 Å². The summed E-state index contributed by atoms with van der Waals surface area (Å²) < 4.78 is 1.96. The maximum atomic E-state index is 10.9. The van der Waals surface area contributed by atoms with Crippen LogP contribution in [0.25, 0.3) is 10.1 Å². The summed E-state index contributed by atoms with van der Waals surface area (Å²) in [5, 5.41) is 1.86. The van der Waals surface area contributed by atoms with E-state index in [2.05, 4.69) is 34.6 Å². The molecule has 72 valence electrons. The number of alkyl halides is 1. The van der Waals surface area contributed by atoms with Gasteiger partial charge in [-0.1, -0.05) is 15.9 Å². The highest BCUT2D eigenvalue weighted by Gasteiger charge is 2.06. The van der Waals surface area contributed by atoms with Gasteiger partial charge in [0.05, 0.1) is 4.21 Å². The van der Waals surface area contributed by atoms with Crippen molar-refractivity contribution in [1.82, 2.24) is 0 Å². The van der Waals surface area contributed by atoms with Crippen LogP contribution in [0.2, 0.25) is 0 Å². The molecule has 0 saturated heterocycles. The van der Waals surface area contributed by atoms with Crippen LogP contribution in [0, 0.1) is 0 Å². The molecule has 0 aliphatic heterocycles. The second kappa shape index (κ2) is 4.04. The molecule has 2 rings (SSSR count). The van der Waals surface area contributed by atoms with E-state index in [9.17, 15) is 4.79 Å². The summed E-state index contributed by atoms with van der Waals surface area (Å²) in [6, 6.07) is 5.98. The van der Waals surface area contributed by atoms with Crippen molar-refractivity contribution in [1.29, 1.82) is 0 Å². The van der Waals surface area contributed by atoms with Crippen molar-refractivity contribution in [3.05, 3.63) is 29.3 Å². The van der Waals surface area contributed by atoms with Crippen molar-refractivity contribution in [2.75, 3.05) is 0 Å². The van der Waals surface area contributed by atoms with Crippen LogP contribution in [0.3, 0.4) is 0 Å². The maximum absolute atomic E-state index is 10.9. The average molecular weight is 287 g/mol. The summed E-state index contributed by atoms with van der Waals surface area (Å²) in [6.45, 7) is 0. The molecule has 0 aliphatic rings. The number of thiol groups is 1. The van der Waals surface area contributed by atoms with Crippen LogP contribution in [0.15, 0.2) is 22.4 Å². The molecule has 0 radical (unpaired) electrons. The van der Waals surface area contributed by atoms with Gasteiger partial charge in [-0.05, 0) is 29.1 Å². The Morgan fingerprint density at radius 2 is 2.21 bits per heavy atom. The summed E-state index contributed by atoms with van der Waals surface area (Å²) in [5.74, 6) is 0. The second-order valence-electron chi connectivity index (χ2n) is 2.94. The third-order valence-corrected chi connectivity index (χ3v) is 4.03. The zero-order valence-corrected chi connectivity index (χ0v) is 10.5. The van der Waals surface area contributed by atoms with Crippen LogP contribution in [0.1, 0.15) is 15.9 Å². The Bertz CT molecular complexity index is 490. The summed E-state index contributed by atoms with van der Waals surface area (Å²) in [4.78, 5) is 10.9. The minimum Gasteiger partial charge on any atom is -0.298 e. The lowest BCUT2D eigenvalue weighted by Gasteiger charge is -1.98. The largest absolute Gasteiger partial charge is 0.298 e. The zero-order valence-electron chi connectivity index (χ0n) is 7.16. The number of rotatable bonds is 2. The highest BCUT2D eigenvalue weighted by atomic mass is 79.9. The molecule has 1 heterocycles. The first-order chi connectivity index (χ1) is 6.74. The van der Waals surface area contributed by atoms with Crippen molar-refractivity contribution < 1.29 is 4.79 Å². The minimum absolute atomic E-state index is 0.752. The molecule has 0 bridgehead atoms. The molecule has 14 heavy (non-hydrogen) atoms. The predicted octanol–water partition coefficient (Wildman–Crippen LogP) is 3.90. The molecule has 1 nitrogen and oxygen atoms in total. The van der Waals surface area contributed by atoms with Crippen LogP contribution in [-0.2, 0) is 5.33 Å². The predicted molar refractivity (Wildman–Crippen MR) is 67.1 cm³/mol. The van der Waals surface area contributed by atoms with Crippen molar-refractivity contribution in [3.8, 4) is 0 Å². The lowest BCUT2D eigenvalue weighted by molar-refractivity contribution is 0.112. The summed E-state index contributed by atoms with van der Waals surface area (Å²) in [7, 11) is 0. The van der Waals surface area contributed by atoms with Gasteiger partial charge in [0.2, 0.25) is 0 Å². The number of halogens is 1. The summed E-state index contributed by atoms with van der Waals surface area (Å²) in [6.07, 6.45) is 0.901. The second-order valence-corrected chi connectivity index (χ2v) is 5.34. The monoisotopic (exact) mass is 286 g/mol. The molecule has 0 fully saturated rings. The van der Waals surface area contributed by atoms with Crippen LogP contribution in [-0.4, -0.2) is 6.29 Å². The molecule has 0 spiro atoms. The highest BCUT2D eigenvalue weighted by molar-refractivity contribution is 9.08. The number of carbonyl (C=O) groups is 1. The Labute approximate surface area is 99.7 Å². The Morgan fingerprint density at radius 3 is 2.86 bits per heavy atom. The number of hydrogen-bond acceptors (Lipinski definition) is 3. The average Bonchev–Trinajstić information content (AvgIpc) is 2.56. The van der Waals surface area contributed by atoms with Gasteiger partial charge in [0.15, 0.2) is 6.29 Å². The number of carbonyl (C=O) groups excluding carboxylic acids is 1. The van der Waals surface area contributed by atoms with Crippen LogP contribution in [0.5, 0.6) is 0 Å². The van der Waals surface area contributed by atoms with E-state index in [0.29, 0.717) is 0 Å². The normalized spacial score (nSPS) is 10.7. The molecule has 0 amide bonds. The first kappa shape index (κ1) is 10.2. The molecule has 0 unspecified atom stereocenters. The lowest BCUT2D eigenvalue weighted by atomic mass is 10.1. The first-order valence-corrected chi connectivity index (χ1v) is 6.39. The number of thiophene rings is 1. The molecule has 0 atom stereocenters. The molecular formula is C10H7BrOS2. The van der Waals surface area contributed by atoms with E-state index in [1.54, 1.807) is 11.3 Å². The van der Waals surface area contributed by atoms with Crippen molar-refractivity contribution >= 4 is 56.3 Å². The standard InChI is InChI=1S/C10H7BrOS2/c11-4-6-1-7-3-9(13)14-10(7)8(2-6)5-12/h1-3,5,13H,4H2. The molecular weight excluding hydrogens is 280 g/mol. The fraction of sp³-hybridized carbons (Fsp3) is 0.100. The summed E-state index contributed by atoms with van der Waals surface area (Å²) in [5.41, 5.74) is 1.87. The van der Waals surface area contributed by atoms with Gasteiger partial charge in [0.1, 0.15) is 0 Å². The van der Waals surface area contributed by atoms with E-state index < -0.39 is 0 Å². The van der Waals surface area contributed by atoms with Gasteiger partial charge in [-0.2, -0.15) is 0 Å². The number of aldehydes is 1. The number of fused-ring (bicyclic) bond motifs is 1. The van der Waals surface area contributed by atoms with Gasteiger partial charge in [0, 0.05) is 15.6 Å². The SMILES string of the molecule is O=Cc1cc(CBr)cc2cc(S)sc12. The van der Waals surface area contributed by atoms with Crippen molar-refractivity contribution in [3.63, 3.8) is 0 Å². The van der Waals surface area contributed by atoms with E-state index >= 15 is 0 Å². The molecule has 0 saturated carbocycles. The smallest absolute Gasteiger partial charge is 0.151 e. The first-order valence-electron chi connectivity index (χ1n) is 4.01. The molecule has 4 heteroatoms. The molecule has 0 N–H and O–H groups in total. The fourth-order valence-electron chi connectivity index (χ4n) is 1.40. The molecule has 2 aromatic rings. The minimum atomic E-state index is 0.752. The third-order valence-electron chi connectivity index (χ3n) is 1.97. The Hall–Kier alpha value is -0.320. The van der Waals surface area contributed by atoms with Crippen molar-refractivity contribution in [2.45, 2.75) is 9.54 Å². The van der Waals surface area contributed by atoms with Gasteiger partial charge in [-0.15, -0.1) is 24.0 Å². The third kappa shape index (κ3) is 1.74. The van der Waals surface area contributed by atoms with Crippen LogP contribution < -0.4 is 0 Å². The quantitative estimate of drug-likeness (QED) is 0.503. The van der Waals surface area contributed by atoms with Gasteiger partial charge < -0.3 is 0 Å². The van der Waals surface area contributed by atoms with Gasteiger partial charge in [0.25, 0.3) is 0 Å². The van der Waals surface area contributed by atoms with E-state index in [1.807, 2.05) is 12.1 Å². The topological polar surface area (TPSA) is 17.1 Å². The Morgan fingerprint density at radius 1 is 1.43 bits per heavy atom. The fourth-order valence-corrected chi connectivity index (χ4v) is 2.99. The van der Waals surface area contributed by atoms with E-state index in [1.165, 1.54) is 0 Å². The maximum Gasteiger partial charge on any atom is 0.151 e. The van der Waals surface area contributed by atoms with Crippen LogP contribution in [0.4, 0.5) is 0 Å². The van der Waals surface area contributed by atoms with Crippen molar-refractivity contribution in [2.24, 2.45) is 0 Å². The molecule has 0 aliphatic carbocycles. The van der Waals surface area contributed by atoms with E-state index in [0.717, 1.165) is 37.0 Å². The lowest BCUT2D eigenvalue weighted by Crippen LogP contribution is -1.84. The highest BCUT2D eigenvalue weighted by Crippen LogP contribution is 2.31. The number of hydrogen-bond donors (Lipinski definition) is 1. The molecule has 1 aromatic heterocycles. The molecule has 1 aromatic carbocycles. The van der Waals surface area contributed by atoms with Gasteiger partial charge >= 0.3 is 0 Å². The Kier molecular flexibility index (Phi) is 2.95. The zero-order chi connectivity index (χ0) is 10.1. The number of benzene rings is 1. The van der Waals surface area contributed by atoms with E-state index in [-0.39, 0.29) is 0 Å².